The van der Waals surface area contributed by atoms with Gasteiger partial charge < -0.3 is 24.4 Å². The minimum atomic E-state index is -1.06. The Kier molecular flexibility index (Phi) is 6.80. The van der Waals surface area contributed by atoms with Gasteiger partial charge in [-0.2, -0.15) is 15.0 Å². The quantitative estimate of drug-likeness (QED) is 0.504. The lowest BCUT2D eigenvalue weighted by molar-refractivity contribution is -0.0860. The lowest BCUT2D eigenvalue weighted by Crippen LogP contribution is -2.32. The molecule has 1 heterocycles. The standard InChI is InChI=1S/C24H29N3O6/c1-14-19(31-2)11-15(12-20(14)32-3)23(28)21(33-16-7-4-5-8-16)13-27-25-18-10-6-9-17(24(29)30)22(18)26-27/h6,9-12,16,21,23,28H,4-5,7-8,13H2,1-3H3,(H,29,30). The predicted molar refractivity (Wildman–Crippen MR) is 121 cm³/mol. The molecule has 0 radical (unpaired) electrons. The summed E-state index contributed by atoms with van der Waals surface area (Å²) in [4.78, 5) is 13.0. The Morgan fingerprint density at radius 1 is 1.15 bits per heavy atom. The van der Waals surface area contributed by atoms with Crippen molar-refractivity contribution in [1.82, 2.24) is 15.0 Å². The zero-order valence-electron chi connectivity index (χ0n) is 19.0. The van der Waals surface area contributed by atoms with E-state index in [4.69, 9.17) is 14.2 Å². The number of hydrogen-bond donors (Lipinski definition) is 2. The molecular weight excluding hydrogens is 426 g/mol. The van der Waals surface area contributed by atoms with E-state index in [0.29, 0.717) is 28.1 Å². The zero-order valence-corrected chi connectivity index (χ0v) is 19.0. The van der Waals surface area contributed by atoms with Crippen molar-refractivity contribution in [2.24, 2.45) is 0 Å². The summed E-state index contributed by atoms with van der Waals surface area (Å²) < 4.78 is 17.3. The number of nitrogens with zero attached hydrogens (tertiary/aromatic N) is 3. The van der Waals surface area contributed by atoms with Gasteiger partial charge in [0.05, 0.1) is 32.4 Å². The van der Waals surface area contributed by atoms with Crippen LogP contribution < -0.4 is 9.47 Å². The molecule has 1 fully saturated rings. The van der Waals surface area contributed by atoms with E-state index < -0.39 is 18.2 Å². The first-order chi connectivity index (χ1) is 15.9. The van der Waals surface area contributed by atoms with Gasteiger partial charge in [0, 0.05) is 5.56 Å². The molecule has 2 unspecified atom stereocenters. The van der Waals surface area contributed by atoms with Gasteiger partial charge in [-0.25, -0.2) is 4.79 Å². The van der Waals surface area contributed by atoms with Crippen LogP contribution in [-0.2, 0) is 11.3 Å². The molecule has 9 nitrogen and oxygen atoms in total. The largest absolute Gasteiger partial charge is 0.496 e. The van der Waals surface area contributed by atoms with Crippen LogP contribution in [0.3, 0.4) is 0 Å². The van der Waals surface area contributed by atoms with Crippen molar-refractivity contribution >= 4 is 17.0 Å². The molecule has 33 heavy (non-hydrogen) atoms. The first kappa shape index (κ1) is 23.0. The Hall–Kier alpha value is -3.17. The van der Waals surface area contributed by atoms with Gasteiger partial charge in [0.15, 0.2) is 0 Å². The predicted octanol–water partition coefficient (Wildman–Crippen LogP) is 3.52. The first-order valence-corrected chi connectivity index (χ1v) is 11.0. The third kappa shape index (κ3) is 4.79. The van der Waals surface area contributed by atoms with Gasteiger partial charge >= 0.3 is 5.97 Å². The fourth-order valence-corrected chi connectivity index (χ4v) is 4.38. The van der Waals surface area contributed by atoms with Gasteiger partial charge in [-0.1, -0.05) is 18.9 Å². The van der Waals surface area contributed by atoms with Gasteiger partial charge in [-0.3, -0.25) is 0 Å². The number of carbonyl (C=O) groups is 1. The molecule has 176 valence electrons. The molecule has 0 amide bonds. The van der Waals surface area contributed by atoms with Crippen LogP contribution in [0.1, 0.15) is 53.3 Å². The number of methoxy groups -OCH3 is 2. The van der Waals surface area contributed by atoms with Crippen LogP contribution in [0.15, 0.2) is 30.3 Å². The number of carboxylic acid groups (broad SMARTS) is 1. The molecule has 0 aliphatic heterocycles. The molecule has 3 aromatic rings. The van der Waals surface area contributed by atoms with Crippen molar-refractivity contribution in [3.8, 4) is 11.5 Å². The van der Waals surface area contributed by atoms with Gasteiger partial charge in [-0.05, 0) is 49.6 Å². The SMILES string of the molecule is COc1cc(C(O)C(Cn2nc3cccc(C(=O)O)c3n2)OC2CCCC2)cc(OC)c1C. The number of carboxylic acids is 1. The normalized spacial score (nSPS) is 16.1. The van der Waals surface area contributed by atoms with Crippen LogP contribution in [0.2, 0.25) is 0 Å². The highest BCUT2D eigenvalue weighted by molar-refractivity contribution is 6.00. The van der Waals surface area contributed by atoms with Crippen molar-refractivity contribution in [1.29, 1.82) is 0 Å². The monoisotopic (exact) mass is 455 g/mol. The summed E-state index contributed by atoms with van der Waals surface area (Å²) in [5.74, 6) is 0.152. The highest BCUT2D eigenvalue weighted by Gasteiger charge is 2.29. The third-order valence-electron chi connectivity index (χ3n) is 6.16. The molecule has 1 saturated carbocycles. The van der Waals surface area contributed by atoms with Crippen molar-refractivity contribution in [2.75, 3.05) is 14.2 Å². The van der Waals surface area contributed by atoms with Crippen LogP contribution in [-0.4, -0.2) is 57.6 Å². The van der Waals surface area contributed by atoms with Crippen molar-refractivity contribution in [2.45, 2.75) is 57.5 Å². The highest BCUT2D eigenvalue weighted by atomic mass is 16.5. The summed E-state index contributed by atoms with van der Waals surface area (Å²) >= 11 is 0. The van der Waals surface area contributed by atoms with E-state index in [1.807, 2.05) is 6.92 Å². The molecule has 1 aromatic heterocycles. The van der Waals surface area contributed by atoms with Crippen LogP contribution in [0.25, 0.3) is 11.0 Å². The summed E-state index contributed by atoms with van der Waals surface area (Å²) in [6.07, 6.45) is 2.43. The second kappa shape index (κ2) is 9.76. The number of aromatic nitrogens is 3. The van der Waals surface area contributed by atoms with Crippen molar-refractivity contribution in [3.05, 3.63) is 47.0 Å². The van der Waals surface area contributed by atoms with E-state index in [0.717, 1.165) is 31.2 Å². The fourth-order valence-electron chi connectivity index (χ4n) is 4.38. The second-order valence-electron chi connectivity index (χ2n) is 8.31. The Bertz CT molecular complexity index is 1110. The molecule has 1 aliphatic rings. The second-order valence-corrected chi connectivity index (χ2v) is 8.31. The van der Waals surface area contributed by atoms with Crippen molar-refractivity contribution < 1.29 is 29.2 Å². The van der Waals surface area contributed by atoms with E-state index in [1.165, 1.54) is 10.9 Å². The van der Waals surface area contributed by atoms with Crippen LogP contribution in [0.5, 0.6) is 11.5 Å². The average Bonchev–Trinajstić information content (AvgIpc) is 3.47. The summed E-state index contributed by atoms with van der Waals surface area (Å²) in [5, 5.41) is 29.6. The molecule has 2 atom stereocenters. The summed E-state index contributed by atoms with van der Waals surface area (Å²) in [6, 6.07) is 8.41. The molecule has 0 bridgehead atoms. The number of benzene rings is 2. The topological polar surface area (TPSA) is 116 Å². The Morgan fingerprint density at radius 2 is 1.82 bits per heavy atom. The van der Waals surface area contributed by atoms with Gasteiger partial charge in [-0.15, -0.1) is 0 Å². The molecule has 4 rings (SSSR count). The van der Waals surface area contributed by atoms with E-state index in [-0.39, 0.29) is 18.2 Å². The summed E-state index contributed by atoms with van der Waals surface area (Å²) in [6.45, 7) is 2.05. The number of aliphatic hydroxyl groups excluding tert-OH is 1. The maximum atomic E-state index is 11.6. The summed E-state index contributed by atoms with van der Waals surface area (Å²) in [5.41, 5.74) is 2.30. The molecule has 0 spiro atoms. The van der Waals surface area contributed by atoms with E-state index in [2.05, 4.69) is 10.2 Å². The number of fused-ring (bicyclic) bond motifs is 1. The zero-order chi connectivity index (χ0) is 23.5. The van der Waals surface area contributed by atoms with Gasteiger partial charge in [0.2, 0.25) is 0 Å². The molecule has 2 N–H and O–H groups in total. The maximum Gasteiger partial charge on any atom is 0.338 e. The number of rotatable bonds is 9. The number of aliphatic hydroxyl groups is 1. The number of hydrogen-bond acceptors (Lipinski definition) is 7. The van der Waals surface area contributed by atoms with Crippen LogP contribution >= 0.6 is 0 Å². The Morgan fingerprint density at radius 3 is 2.42 bits per heavy atom. The Labute approximate surface area is 191 Å². The maximum absolute atomic E-state index is 11.6. The molecule has 9 heteroatoms. The van der Waals surface area contributed by atoms with Crippen LogP contribution in [0.4, 0.5) is 0 Å². The lowest BCUT2D eigenvalue weighted by Gasteiger charge is -2.27. The van der Waals surface area contributed by atoms with Gasteiger partial charge in [0.25, 0.3) is 0 Å². The minimum Gasteiger partial charge on any atom is -0.496 e. The molecule has 2 aromatic carbocycles. The Balaban J connectivity index is 1.68. The molecular formula is C24H29N3O6. The van der Waals surface area contributed by atoms with E-state index >= 15 is 0 Å². The fraction of sp³-hybridized carbons (Fsp3) is 0.458. The summed E-state index contributed by atoms with van der Waals surface area (Å²) in [7, 11) is 3.15. The minimum absolute atomic E-state index is 0.0402. The van der Waals surface area contributed by atoms with Gasteiger partial charge in [0.1, 0.15) is 34.7 Å². The number of aromatic carboxylic acids is 1. The highest BCUT2D eigenvalue weighted by Crippen LogP contribution is 2.35. The number of ether oxygens (including phenoxy) is 3. The van der Waals surface area contributed by atoms with Crippen molar-refractivity contribution in [3.63, 3.8) is 0 Å². The third-order valence-corrected chi connectivity index (χ3v) is 6.16. The van der Waals surface area contributed by atoms with E-state index in [9.17, 15) is 15.0 Å². The lowest BCUT2D eigenvalue weighted by atomic mass is 10.0. The average molecular weight is 456 g/mol. The van der Waals surface area contributed by atoms with Crippen LogP contribution in [0, 0.1) is 6.92 Å². The first-order valence-electron chi connectivity index (χ1n) is 11.0. The van der Waals surface area contributed by atoms with E-state index in [1.54, 1.807) is 38.5 Å². The molecule has 0 saturated heterocycles. The smallest absolute Gasteiger partial charge is 0.338 e. The molecule has 1 aliphatic carbocycles.